The van der Waals surface area contributed by atoms with E-state index in [-0.39, 0.29) is 11.4 Å². The second-order valence-corrected chi connectivity index (χ2v) is 7.45. The van der Waals surface area contributed by atoms with E-state index in [4.69, 9.17) is 4.98 Å². The zero-order valence-corrected chi connectivity index (χ0v) is 15.1. The third-order valence-corrected chi connectivity index (χ3v) is 5.18. The molecule has 0 aliphatic rings. The maximum atomic E-state index is 13.1. The Balaban J connectivity index is 2.18. The van der Waals surface area contributed by atoms with Crippen molar-refractivity contribution < 1.29 is 4.39 Å². The van der Waals surface area contributed by atoms with Crippen LogP contribution in [-0.4, -0.2) is 28.5 Å². The number of nitrogens with zero attached hydrogens (tertiary/aromatic N) is 3. The summed E-state index contributed by atoms with van der Waals surface area (Å²) in [7, 11) is 3.90. The second kappa shape index (κ2) is 6.45. The fraction of sp³-hybridized carbons (Fsp3) is 0.333. The van der Waals surface area contributed by atoms with Crippen LogP contribution in [0.3, 0.4) is 0 Å². The molecule has 0 aliphatic heterocycles. The van der Waals surface area contributed by atoms with Gasteiger partial charge in [-0.2, -0.15) is 0 Å². The van der Waals surface area contributed by atoms with Gasteiger partial charge in [-0.1, -0.05) is 12.1 Å². The fourth-order valence-corrected chi connectivity index (χ4v) is 3.75. The van der Waals surface area contributed by atoms with Gasteiger partial charge >= 0.3 is 0 Å². The number of thiophene rings is 1. The molecule has 3 aromatic rings. The van der Waals surface area contributed by atoms with Crippen molar-refractivity contribution >= 4 is 21.6 Å². The van der Waals surface area contributed by atoms with Gasteiger partial charge in [-0.15, -0.1) is 11.3 Å². The van der Waals surface area contributed by atoms with Crippen molar-refractivity contribution in [3.8, 4) is 0 Å². The van der Waals surface area contributed by atoms with E-state index < -0.39 is 0 Å². The predicted molar refractivity (Wildman–Crippen MR) is 96.2 cm³/mol. The highest BCUT2D eigenvalue weighted by Crippen LogP contribution is 2.26. The van der Waals surface area contributed by atoms with Gasteiger partial charge in [0.05, 0.1) is 18.5 Å². The van der Waals surface area contributed by atoms with E-state index in [9.17, 15) is 9.18 Å². The standard InChI is InChI=1S/C18H20FN3OS/c1-11-12(2)24-17-16(11)18(23)22(15(20-17)10-21(3)4)9-13-5-7-14(19)8-6-13/h5-8H,9-10H2,1-4H3. The van der Waals surface area contributed by atoms with E-state index in [0.29, 0.717) is 18.5 Å². The molecule has 0 saturated carbocycles. The smallest absolute Gasteiger partial charge is 0.262 e. The molecule has 0 unspecified atom stereocenters. The highest BCUT2D eigenvalue weighted by atomic mass is 32.1. The van der Waals surface area contributed by atoms with E-state index in [0.717, 1.165) is 26.7 Å². The predicted octanol–water partition coefficient (Wildman–Crippen LogP) is 3.32. The summed E-state index contributed by atoms with van der Waals surface area (Å²) in [4.78, 5) is 21.7. The minimum Gasteiger partial charge on any atom is -0.302 e. The average molecular weight is 345 g/mol. The molecule has 0 radical (unpaired) electrons. The lowest BCUT2D eigenvalue weighted by atomic mass is 10.2. The number of hydrogen-bond acceptors (Lipinski definition) is 4. The molecule has 0 amide bonds. The van der Waals surface area contributed by atoms with Crippen molar-refractivity contribution in [1.29, 1.82) is 0 Å². The Kier molecular flexibility index (Phi) is 4.51. The fourth-order valence-electron chi connectivity index (χ4n) is 2.71. The Morgan fingerprint density at radius 3 is 2.50 bits per heavy atom. The van der Waals surface area contributed by atoms with Crippen molar-refractivity contribution in [2.75, 3.05) is 14.1 Å². The first-order chi connectivity index (χ1) is 11.4. The van der Waals surface area contributed by atoms with Crippen LogP contribution in [0.15, 0.2) is 29.1 Å². The number of hydrogen-bond donors (Lipinski definition) is 0. The molecule has 0 atom stereocenters. The Bertz CT molecular complexity index is 942. The lowest BCUT2D eigenvalue weighted by molar-refractivity contribution is 0.379. The molecule has 24 heavy (non-hydrogen) atoms. The number of aromatic nitrogens is 2. The van der Waals surface area contributed by atoms with E-state index in [1.165, 1.54) is 12.1 Å². The van der Waals surface area contributed by atoms with E-state index in [1.807, 2.05) is 32.8 Å². The largest absolute Gasteiger partial charge is 0.302 e. The van der Waals surface area contributed by atoms with Gasteiger partial charge in [0.1, 0.15) is 16.5 Å². The summed E-state index contributed by atoms with van der Waals surface area (Å²) in [5, 5.41) is 0.696. The molecule has 0 N–H and O–H groups in total. The van der Waals surface area contributed by atoms with E-state index in [2.05, 4.69) is 0 Å². The summed E-state index contributed by atoms with van der Waals surface area (Å²) in [5.41, 5.74) is 1.85. The molecule has 0 aliphatic carbocycles. The van der Waals surface area contributed by atoms with Crippen molar-refractivity contribution in [3.05, 3.63) is 62.3 Å². The van der Waals surface area contributed by atoms with Gasteiger partial charge in [0.25, 0.3) is 5.56 Å². The average Bonchev–Trinajstić information content (AvgIpc) is 2.79. The molecule has 126 valence electrons. The highest BCUT2D eigenvalue weighted by Gasteiger charge is 2.17. The van der Waals surface area contributed by atoms with Crippen LogP contribution in [0.25, 0.3) is 10.2 Å². The molecule has 2 heterocycles. The first kappa shape index (κ1) is 16.8. The Morgan fingerprint density at radius 2 is 1.88 bits per heavy atom. The summed E-state index contributed by atoms with van der Waals surface area (Å²) in [6.07, 6.45) is 0. The molecule has 6 heteroatoms. The minimum absolute atomic E-state index is 0.0250. The lowest BCUT2D eigenvalue weighted by Gasteiger charge is -2.16. The molecular formula is C18H20FN3OS. The Labute approximate surface area is 144 Å². The van der Waals surface area contributed by atoms with Crippen molar-refractivity contribution in [3.63, 3.8) is 0 Å². The van der Waals surface area contributed by atoms with Crippen LogP contribution in [0.2, 0.25) is 0 Å². The number of benzene rings is 1. The zero-order chi connectivity index (χ0) is 17.4. The van der Waals surface area contributed by atoms with Crippen molar-refractivity contribution in [2.24, 2.45) is 0 Å². The van der Waals surface area contributed by atoms with Gasteiger partial charge in [-0.3, -0.25) is 9.36 Å². The number of aryl methyl sites for hydroxylation is 2. The van der Waals surface area contributed by atoms with Gasteiger partial charge in [-0.25, -0.2) is 9.37 Å². The molecule has 0 fully saturated rings. The minimum atomic E-state index is -0.280. The molecular weight excluding hydrogens is 325 g/mol. The van der Waals surface area contributed by atoms with Gasteiger partial charge in [0, 0.05) is 4.88 Å². The van der Waals surface area contributed by atoms with Crippen LogP contribution < -0.4 is 5.56 Å². The molecule has 0 bridgehead atoms. The summed E-state index contributed by atoms with van der Waals surface area (Å²) in [5.74, 6) is 0.445. The molecule has 1 aromatic carbocycles. The van der Waals surface area contributed by atoms with Crippen LogP contribution >= 0.6 is 11.3 Å². The lowest BCUT2D eigenvalue weighted by Crippen LogP contribution is -2.28. The molecule has 0 saturated heterocycles. The molecule has 2 aromatic heterocycles. The summed E-state index contributed by atoms with van der Waals surface area (Å²) >= 11 is 1.56. The monoisotopic (exact) mass is 345 g/mol. The summed E-state index contributed by atoms with van der Waals surface area (Å²) < 4.78 is 14.8. The third kappa shape index (κ3) is 3.12. The van der Waals surface area contributed by atoms with Gasteiger partial charge < -0.3 is 4.90 Å². The Morgan fingerprint density at radius 1 is 1.21 bits per heavy atom. The van der Waals surface area contributed by atoms with Crippen molar-refractivity contribution in [2.45, 2.75) is 26.9 Å². The van der Waals surface area contributed by atoms with Crippen molar-refractivity contribution in [1.82, 2.24) is 14.5 Å². The summed E-state index contributed by atoms with van der Waals surface area (Å²) in [6, 6.07) is 6.24. The number of halogens is 1. The maximum absolute atomic E-state index is 13.1. The maximum Gasteiger partial charge on any atom is 0.262 e. The second-order valence-electron chi connectivity index (χ2n) is 6.25. The highest BCUT2D eigenvalue weighted by molar-refractivity contribution is 7.18. The SMILES string of the molecule is Cc1sc2nc(CN(C)C)n(Cc3ccc(F)cc3)c(=O)c2c1C. The zero-order valence-electron chi connectivity index (χ0n) is 14.3. The van der Waals surface area contributed by atoms with Crippen LogP contribution in [-0.2, 0) is 13.1 Å². The van der Waals surface area contributed by atoms with Crippen LogP contribution in [0.4, 0.5) is 4.39 Å². The van der Waals surface area contributed by atoms with Gasteiger partial charge in [0.15, 0.2) is 0 Å². The van der Waals surface area contributed by atoms with E-state index in [1.54, 1.807) is 28.0 Å². The molecule has 4 nitrogen and oxygen atoms in total. The third-order valence-electron chi connectivity index (χ3n) is 4.08. The van der Waals surface area contributed by atoms with E-state index >= 15 is 0 Å². The van der Waals surface area contributed by atoms with Gasteiger partial charge in [0.2, 0.25) is 0 Å². The Hall–Kier alpha value is -2.05. The normalized spacial score (nSPS) is 11.6. The number of rotatable bonds is 4. The first-order valence-corrected chi connectivity index (χ1v) is 8.57. The number of fused-ring (bicyclic) bond motifs is 1. The van der Waals surface area contributed by atoms with Crippen LogP contribution in [0.5, 0.6) is 0 Å². The topological polar surface area (TPSA) is 38.1 Å². The van der Waals surface area contributed by atoms with Gasteiger partial charge in [-0.05, 0) is 51.2 Å². The van der Waals surface area contributed by atoms with Crippen LogP contribution in [0, 0.1) is 19.7 Å². The quantitative estimate of drug-likeness (QED) is 0.728. The summed E-state index contributed by atoms with van der Waals surface area (Å²) in [6.45, 7) is 4.93. The molecule has 0 spiro atoms. The first-order valence-electron chi connectivity index (χ1n) is 7.75. The van der Waals surface area contributed by atoms with Crippen LogP contribution in [0.1, 0.15) is 21.8 Å². The molecule has 3 rings (SSSR count).